The maximum Gasteiger partial charge on any atom is 0.339 e. The minimum absolute atomic E-state index is 0.0521. The third-order valence-electron chi connectivity index (χ3n) is 4.90. The van der Waals surface area contributed by atoms with Crippen LogP contribution in [0.3, 0.4) is 0 Å². The Bertz CT molecular complexity index is 1020. The van der Waals surface area contributed by atoms with Gasteiger partial charge in [0.25, 0.3) is 5.91 Å². The van der Waals surface area contributed by atoms with Crippen LogP contribution in [0.2, 0.25) is 0 Å². The maximum atomic E-state index is 12.7. The molecule has 29 heavy (non-hydrogen) atoms. The van der Waals surface area contributed by atoms with Gasteiger partial charge < -0.3 is 14.4 Å². The molecule has 1 fully saturated rings. The van der Waals surface area contributed by atoms with Gasteiger partial charge >= 0.3 is 5.97 Å². The van der Waals surface area contributed by atoms with Crippen LogP contribution in [0.25, 0.3) is 10.9 Å². The van der Waals surface area contributed by atoms with E-state index in [4.69, 9.17) is 9.47 Å². The lowest BCUT2D eigenvalue weighted by Crippen LogP contribution is -2.45. The van der Waals surface area contributed by atoms with Gasteiger partial charge in [0.15, 0.2) is 16.4 Å². The van der Waals surface area contributed by atoms with Crippen molar-refractivity contribution in [2.45, 2.75) is 19.4 Å². The number of methoxy groups -OCH3 is 1. The van der Waals surface area contributed by atoms with Crippen molar-refractivity contribution in [2.24, 2.45) is 0 Å². The maximum absolute atomic E-state index is 12.7. The number of carbonyl (C=O) groups excluding carboxylic acids is 2. The summed E-state index contributed by atoms with van der Waals surface area (Å²) in [6, 6.07) is 8.41. The van der Waals surface area contributed by atoms with Crippen molar-refractivity contribution in [1.82, 2.24) is 9.88 Å². The summed E-state index contributed by atoms with van der Waals surface area (Å²) < 4.78 is 33.9. The summed E-state index contributed by atoms with van der Waals surface area (Å²) in [4.78, 5) is 31.2. The lowest BCUT2D eigenvalue weighted by atomic mass is 10.1. The molecule has 8 nitrogen and oxygen atoms in total. The molecule has 0 radical (unpaired) electrons. The third-order valence-corrected chi connectivity index (χ3v) is 6.65. The number of carbonyl (C=O) groups is 2. The molecule has 2 heterocycles. The number of aryl methyl sites for hydroxylation is 1. The van der Waals surface area contributed by atoms with Crippen molar-refractivity contribution in [2.75, 3.05) is 38.4 Å². The van der Waals surface area contributed by atoms with Crippen LogP contribution in [0.4, 0.5) is 0 Å². The van der Waals surface area contributed by atoms with Gasteiger partial charge in [-0.25, -0.2) is 13.2 Å². The molecule has 0 spiro atoms. The zero-order valence-corrected chi connectivity index (χ0v) is 17.3. The number of nitrogens with zero attached hydrogens (tertiary/aromatic N) is 2. The van der Waals surface area contributed by atoms with E-state index >= 15 is 0 Å². The van der Waals surface area contributed by atoms with Gasteiger partial charge in [0.2, 0.25) is 0 Å². The molecule has 9 heteroatoms. The summed E-state index contributed by atoms with van der Waals surface area (Å²) in [6.45, 7) is 1.82. The summed E-state index contributed by atoms with van der Waals surface area (Å²) in [5, 5.41) is 0.647. The van der Waals surface area contributed by atoms with Crippen molar-refractivity contribution in [3.8, 4) is 0 Å². The van der Waals surface area contributed by atoms with Crippen LogP contribution in [-0.4, -0.2) is 74.6 Å². The SMILES string of the molecule is COCCN(C(=O)COC(=O)c1cc(C)nc2ccccc12)[C@@H]1CCS(=O)(=O)C1. The number of aromatic nitrogens is 1. The quantitative estimate of drug-likeness (QED) is 0.623. The predicted octanol–water partition coefficient (Wildman–Crippen LogP) is 1.36. The number of pyridine rings is 1. The topological polar surface area (TPSA) is 103 Å². The van der Waals surface area contributed by atoms with Gasteiger partial charge in [-0.3, -0.25) is 9.78 Å². The fourth-order valence-corrected chi connectivity index (χ4v) is 5.22. The summed E-state index contributed by atoms with van der Waals surface area (Å²) in [5.74, 6) is -1.08. The van der Waals surface area contributed by atoms with E-state index in [1.54, 1.807) is 31.2 Å². The first-order chi connectivity index (χ1) is 13.8. The Balaban J connectivity index is 1.72. The number of hydrogen-bond donors (Lipinski definition) is 0. The first-order valence-electron chi connectivity index (χ1n) is 9.33. The largest absolute Gasteiger partial charge is 0.452 e. The number of rotatable bonds is 7. The molecule has 0 bridgehead atoms. The van der Waals surface area contributed by atoms with Crippen molar-refractivity contribution >= 4 is 32.6 Å². The summed E-state index contributed by atoms with van der Waals surface area (Å²) >= 11 is 0. The van der Waals surface area contributed by atoms with E-state index < -0.39 is 34.4 Å². The molecule has 0 unspecified atom stereocenters. The Labute approximate surface area is 169 Å². The third kappa shape index (κ3) is 5.10. The van der Waals surface area contributed by atoms with Gasteiger partial charge in [-0.15, -0.1) is 0 Å². The van der Waals surface area contributed by atoms with E-state index in [1.165, 1.54) is 12.0 Å². The van der Waals surface area contributed by atoms with Crippen molar-refractivity contribution in [3.63, 3.8) is 0 Å². The second kappa shape index (κ2) is 8.87. The van der Waals surface area contributed by atoms with Gasteiger partial charge in [0.1, 0.15) is 0 Å². The van der Waals surface area contributed by atoms with Crippen molar-refractivity contribution < 1.29 is 27.5 Å². The molecule has 1 atom stereocenters. The van der Waals surface area contributed by atoms with Crippen LogP contribution in [0.15, 0.2) is 30.3 Å². The Morgan fingerprint density at radius 1 is 1.28 bits per heavy atom. The molecule has 1 aromatic heterocycles. The lowest BCUT2D eigenvalue weighted by molar-refractivity contribution is -0.137. The highest BCUT2D eigenvalue weighted by molar-refractivity contribution is 7.91. The van der Waals surface area contributed by atoms with Crippen LogP contribution < -0.4 is 0 Å². The van der Waals surface area contributed by atoms with Crippen LogP contribution >= 0.6 is 0 Å². The molecule has 1 aliphatic heterocycles. The number of esters is 1. The van der Waals surface area contributed by atoms with Gasteiger partial charge in [0.05, 0.1) is 29.2 Å². The molecule has 0 aliphatic carbocycles. The number of ether oxygens (including phenoxy) is 2. The number of benzene rings is 1. The van der Waals surface area contributed by atoms with E-state index in [2.05, 4.69) is 4.98 Å². The molecule has 3 rings (SSSR count). The van der Waals surface area contributed by atoms with Crippen LogP contribution in [-0.2, 0) is 24.1 Å². The highest BCUT2D eigenvalue weighted by atomic mass is 32.2. The fraction of sp³-hybridized carbons (Fsp3) is 0.450. The monoisotopic (exact) mass is 420 g/mol. The van der Waals surface area contributed by atoms with Crippen molar-refractivity contribution in [1.29, 1.82) is 0 Å². The molecule has 2 aromatic rings. The molecular formula is C20H24N2O6S. The molecule has 1 aliphatic rings. The fourth-order valence-electron chi connectivity index (χ4n) is 3.49. The average Bonchev–Trinajstić information content (AvgIpc) is 3.05. The Morgan fingerprint density at radius 2 is 2.03 bits per heavy atom. The zero-order chi connectivity index (χ0) is 21.0. The summed E-state index contributed by atoms with van der Waals surface area (Å²) in [6.07, 6.45) is 0.375. The number of fused-ring (bicyclic) bond motifs is 1. The lowest BCUT2D eigenvalue weighted by Gasteiger charge is -2.27. The van der Waals surface area contributed by atoms with Crippen LogP contribution in [0.5, 0.6) is 0 Å². The number of sulfone groups is 1. The standard InChI is InChI=1S/C20H24N2O6S/c1-14-11-17(16-5-3-4-6-18(16)21-14)20(24)28-12-19(23)22(8-9-27-2)15-7-10-29(25,26)13-15/h3-6,11,15H,7-10,12-13H2,1-2H3/t15-/m1/s1. The average molecular weight is 420 g/mol. The highest BCUT2D eigenvalue weighted by Gasteiger charge is 2.34. The summed E-state index contributed by atoms with van der Waals surface area (Å²) in [5.41, 5.74) is 1.68. The van der Waals surface area contributed by atoms with Crippen LogP contribution in [0.1, 0.15) is 22.5 Å². The number of hydrogen-bond acceptors (Lipinski definition) is 7. The van der Waals surface area contributed by atoms with E-state index in [1.807, 2.05) is 6.07 Å². The smallest absolute Gasteiger partial charge is 0.339 e. The highest BCUT2D eigenvalue weighted by Crippen LogP contribution is 2.20. The molecule has 1 saturated heterocycles. The Hall–Kier alpha value is -2.52. The van der Waals surface area contributed by atoms with Gasteiger partial charge in [-0.1, -0.05) is 18.2 Å². The number of para-hydroxylation sites is 1. The molecule has 156 valence electrons. The van der Waals surface area contributed by atoms with E-state index in [-0.39, 0.29) is 24.7 Å². The Morgan fingerprint density at radius 3 is 2.72 bits per heavy atom. The second-order valence-corrected chi connectivity index (χ2v) is 9.27. The molecule has 1 aromatic carbocycles. The molecule has 0 saturated carbocycles. The minimum Gasteiger partial charge on any atom is -0.452 e. The van der Waals surface area contributed by atoms with Crippen LogP contribution in [0, 0.1) is 6.92 Å². The van der Waals surface area contributed by atoms with E-state index in [9.17, 15) is 18.0 Å². The predicted molar refractivity (Wildman–Crippen MR) is 107 cm³/mol. The number of amides is 1. The van der Waals surface area contributed by atoms with Gasteiger partial charge in [-0.2, -0.15) is 0 Å². The molecular weight excluding hydrogens is 396 g/mol. The van der Waals surface area contributed by atoms with Gasteiger partial charge in [0, 0.05) is 30.8 Å². The minimum atomic E-state index is -3.15. The Kier molecular flexibility index (Phi) is 6.49. The summed E-state index contributed by atoms with van der Waals surface area (Å²) in [7, 11) is -1.65. The first kappa shape index (κ1) is 21.2. The zero-order valence-electron chi connectivity index (χ0n) is 16.5. The second-order valence-electron chi connectivity index (χ2n) is 7.04. The molecule has 1 amide bonds. The first-order valence-corrected chi connectivity index (χ1v) is 11.2. The van der Waals surface area contributed by atoms with E-state index in [0.717, 1.165) is 0 Å². The normalized spacial score (nSPS) is 17.9. The van der Waals surface area contributed by atoms with E-state index in [0.29, 0.717) is 28.6 Å². The van der Waals surface area contributed by atoms with Crippen molar-refractivity contribution in [3.05, 3.63) is 41.6 Å². The van der Waals surface area contributed by atoms with Gasteiger partial charge in [-0.05, 0) is 25.5 Å². The molecule has 0 N–H and O–H groups in total.